The van der Waals surface area contributed by atoms with Crippen LogP contribution in [0.3, 0.4) is 0 Å². The molecule has 0 aliphatic heterocycles. The first-order chi connectivity index (χ1) is 9.49. The van der Waals surface area contributed by atoms with Crippen molar-refractivity contribution in [3.63, 3.8) is 0 Å². The summed E-state index contributed by atoms with van der Waals surface area (Å²) in [5.74, 6) is -0.0211. The summed E-state index contributed by atoms with van der Waals surface area (Å²) in [6.07, 6.45) is 0. The second-order valence-corrected chi connectivity index (χ2v) is 5.74. The van der Waals surface area contributed by atoms with E-state index in [0.717, 1.165) is 11.3 Å². The van der Waals surface area contributed by atoms with Crippen LogP contribution in [0.15, 0.2) is 35.0 Å². The van der Waals surface area contributed by atoms with Crippen molar-refractivity contribution in [2.24, 2.45) is 0 Å². The molecule has 20 heavy (non-hydrogen) atoms. The molecular weight excluding hydrogens is 270 g/mol. The van der Waals surface area contributed by atoms with E-state index in [0.29, 0.717) is 17.8 Å². The molecule has 0 bridgehead atoms. The summed E-state index contributed by atoms with van der Waals surface area (Å²) in [6.45, 7) is 0.601. The number of nitrogens with zero attached hydrogens (tertiary/aromatic N) is 2. The van der Waals surface area contributed by atoms with Gasteiger partial charge in [-0.05, 0) is 40.6 Å². The maximum absolute atomic E-state index is 12.6. The van der Waals surface area contributed by atoms with Crippen LogP contribution in [-0.2, 0) is 6.54 Å². The second kappa shape index (κ2) is 5.96. The highest BCUT2D eigenvalue weighted by atomic mass is 32.1. The van der Waals surface area contributed by atoms with Crippen molar-refractivity contribution in [3.05, 3.63) is 46.2 Å². The smallest absolute Gasteiger partial charge is 0.256 e. The summed E-state index contributed by atoms with van der Waals surface area (Å²) in [6, 6.07) is 7.45. The van der Waals surface area contributed by atoms with Crippen LogP contribution in [0.1, 0.15) is 15.9 Å². The van der Waals surface area contributed by atoms with Crippen LogP contribution in [-0.4, -0.2) is 32.0 Å². The van der Waals surface area contributed by atoms with Crippen LogP contribution in [0.2, 0.25) is 0 Å². The molecule has 4 nitrogen and oxygen atoms in total. The number of hydrogen-bond donors (Lipinski definition) is 1. The van der Waals surface area contributed by atoms with Gasteiger partial charge in [-0.15, -0.1) is 0 Å². The van der Waals surface area contributed by atoms with E-state index in [2.05, 4.69) is 5.38 Å². The molecule has 0 aliphatic carbocycles. The Morgan fingerprint density at radius 3 is 2.60 bits per heavy atom. The molecule has 1 aromatic heterocycles. The van der Waals surface area contributed by atoms with Gasteiger partial charge < -0.3 is 15.5 Å². The van der Waals surface area contributed by atoms with Crippen LogP contribution in [0.4, 0.5) is 11.4 Å². The largest absolute Gasteiger partial charge is 0.399 e. The van der Waals surface area contributed by atoms with Crippen molar-refractivity contribution >= 4 is 28.6 Å². The Morgan fingerprint density at radius 1 is 1.25 bits per heavy atom. The monoisotopic (exact) mass is 289 g/mol. The third-order valence-electron chi connectivity index (χ3n) is 3.08. The minimum atomic E-state index is -0.0211. The van der Waals surface area contributed by atoms with E-state index < -0.39 is 0 Å². The first-order valence-electron chi connectivity index (χ1n) is 6.32. The zero-order valence-electron chi connectivity index (χ0n) is 12.0. The number of nitrogen functional groups attached to an aromatic ring is 1. The van der Waals surface area contributed by atoms with Crippen LogP contribution in [0.5, 0.6) is 0 Å². The molecule has 1 heterocycles. The highest BCUT2D eigenvalue weighted by Gasteiger charge is 2.17. The molecule has 2 aromatic rings. The Bertz CT molecular complexity index is 593. The Morgan fingerprint density at radius 2 is 2.00 bits per heavy atom. The molecule has 1 amide bonds. The van der Waals surface area contributed by atoms with E-state index in [4.69, 9.17) is 5.73 Å². The lowest BCUT2D eigenvalue weighted by Gasteiger charge is -2.22. The van der Waals surface area contributed by atoms with Crippen molar-refractivity contribution in [1.29, 1.82) is 0 Å². The Labute approximate surface area is 123 Å². The van der Waals surface area contributed by atoms with Gasteiger partial charge in [0, 0.05) is 39.1 Å². The van der Waals surface area contributed by atoms with E-state index >= 15 is 0 Å². The van der Waals surface area contributed by atoms with Gasteiger partial charge in [-0.2, -0.15) is 11.3 Å². The topological polar surface area (TPSA) is 49.6 Å². The molecule has 2 N–H and O–H groups in total. The molecule has 0 saturated heterocycles. The molecule has 1 aromatic carbocycles. The number of carbonyl (C=O) groups excluding carboxylic acids is 1. The molecule has 0 aliphatic rings. The predicted octanol–water partition coefficient (Wildman–Crippen LogP) is 2.67. The number of thiophene rings is 1. The molecular formula is C15H19N3OS. The average molecular weight is 289 g/mol. The van der Waals surface area contributed by atoms with Gasteiger partial charge in [0.25, 0.3) is 5.91 Å². The number of benzene rings is 1. The first-order valence-corrected chi connectivity index (χ1v) is 7.26. The van der Waals surface area contributed by atoms with E-state index in [9.17, 15) is 4.79 Å². The number of rotatable bonds is 4. The molecule has 2 rings (SSSR count). The molecule has 5 heteroatoms. The minimum Gasteiger partial charge on any atom is -0.399 e. The van der Waals surface area contributed by atoms with Crippen LogP contribution < -0.4 is 10.6 Å². The summed E-state index contributed by atoms with van der Waals surface area (Å²) in [5.41, 5.74) is 9.06. The van der Waals surface area contributed by atoms with E-state index in [1.165, 1.54) is 0 Å². The molecule has 0 radical (unpaired) electrons. The molecule has 0 fully saturated rings. The van der Waals surface area contributed by atoms with Crippen LogP contribution >= 0.6 is 11.3 Å². The highest BCUT2D eigenvalue weighted by Crippen LogP contribution is 2.23. The fourth-order valence-corrected chi connectivity index (χ4v) is 2.71. The quantitative estimate of drug-likeness (QED) is 0.880. The maximum Gasteiger partial charge on any atom is 0.256 e. The summed E-state index contributed by atoms with van der Waals surface area (Å²) in [5, 5.41) is 4.06. The lowest BCUT2D eigenvalue weighted by atomic mass is 10.1. The van der Waals surface area contributed by atoms with Gasteiger partial charge >= 0.3 is 0 Å². The van der Waals surface area contributed by atoms with E-state index in [-0.39, 0.29) is 5.91 Å². The van der Waals surface area contributed by atoms with Crippen LogP contribution in [0.25, 0.3) is 0 Å². The summed E-state index contributed by atoms with van der Waals surface area (Å²) in [4.78, 5) is 16.2. The molecule has 0 atom stereocenters. The third kappa shape index (κ3) is 3.11. The van der Waals surface area contributed by atoms with Crippen LogP contribution in [0, 0.1) is 0 Å². The van der Waals surface area contributed by atoms with Crippen molar-refractivity contribution < 1.29 is 4.79 Å². The molecule has 106 valence electrons. The van der Waals surface area contributed by atoms with Gasteiger partial charge in [0.1, 0.15) is 0 Å². The predicted molar refractivity (Wildman–Crippen MR) is 85.3 cm³/mol. The zero-order chi connectivity index (χ0) is 14.7. The highest BCUT2D eigenvalue weighted by molar-refractivity contribution is 7.07. The molecule has 0 unspecified atom stereocenters. The maximum atomic E-state index is 12.6. The summed E-state index contributed by atoms with van der Waals surface area (Å²) >= 11 is 1.63. The lowest BCUT2D eigenvalue weighted by Crippen LogP contribution is -2.28. The Kier molecular flexibility index (Phi) is 4.29. The number of amides is 1. The summed E-state index contributed by atoms with van der Waals surface area (Å²) in [7, 11) is 5.64. The molecule has 0 saturated carbocycles. The van der Waals surface area contributed by atoms with Crippen molar-refractivity contribution in [3.8, 4) is 0 Å². The normalized spacial score (nSPS) is 10.3. The van der Waals surface area contributed by atoms with E-state index in [1.807, 2.05) is 49.6 Å². The number of nitrogens with two attached hydrogens (primary N) is 1. The van der Waals surface area contributed by atoms with Crippen molar-refractivity contribution in [2.75, 3.05) is 31.8 Å². The van der Waals surface area contributed by atoms with Crippen molar-refractivity contribution in [1.82, 2.24) is 4.90 Å². The minimum absolute atomic E-state index is 0.0211. The number of hydrogen-bond acceptors (Lipinski definition) is 4. The Balaban J connectivity index is 2.25. The molecule has 0 spiro atoms. The first kappa shape index (κ1) is 14.4. The van der Waals surface area contributed by atoms with Gasteiger partial charge in [-0.25, -0.2) is 0 Å². The van der Waals surface area contributed by atoms with E-state index in [1.54, 1.807) is 22.3 Å². The average Bonchev–Trinajstić information content (AvgIpc) is 2.90. The number of carbonyl (C=O) groups is 1. The standard InChI is InChI=1S/C15H19N3OS/c1-17(2)14-5-4-12(16)8-13(14)15(19)18(3)9-11-6-7-20-10-11/h4-8,10H,9,16H2,1-3H3. The van der Waals surface area contributed by atoms with Gasteiger partial charge in [-0.1, -0.05) is 0 Å². The zero-order valence-corrected chi connectivity index (χ0v) is 12.8. The van der Waals surface area contributed by atoms with Gasteiger partial charge in [0.2, 0.25) is 0 Å². The summed E-state index contributed by atoms with van der Waals surface area (Å²) < 4.78 is 0. The lowest BCUT2D eigenvalue weighted by molar-refractivity contribution is 0.0786. The fourth-order valence-electron chi connectivity index (χ4n) is 2.05. The third-order valence-corrected chi connectivity index (χ3v) is 3.81. The number of anilines is 2. The second-order valence-electron chi connectivity index (χ2n) is 4.96. The van der Waals surface area contributed by atoms with Gasteiger partial charge in [0.05, 0.1) is 5.56 Å². The SMILES string of the molecule is CN(Cc1ccsc1)C(=O)c1cc(N)ccc1N(C)C. The fraction of sp³-hybridized carbons (Fsp3) is 0.267. The van der Waals surface area contributed by atoms with Crippen molar-refractivity contribution in [2.45, 2.75) is 6.54 Å². The van der Waals surface area contributed by atoms with Gasteiger partial charge in [0.15, 0.2) is 0 Å². The Hall–Kier alpha value is -2.01. The van der Waals surface area contributed by atoms with Gasteiger partial charge in [-0.3, -0.25) is 4.79 Å².